The Morgan fingerprint density at radius 3 is 2.43 bits per heavy atom. The Balaban J connectivity index is 1.57. The molecule has 0 saturated heterocycles. The number of benzene rings is 2. The predicted octanol–water partition coefficient (Wildman–Crippen LogP) is 5.20. The van der Waals surface area contributed by atoms with Gasteiger partial charge < -0.3 is 5.32 Å². The second-order valence-corrected chi connectivity index (χ2v) is 7.03. The molecular weight excluding hydrogens is 387 g/mol. The van der Waals surface area contributed by atoms with Crippen molar-refractivity contribution in [2.24, 2.45) is 0 Å². The third kappa shape index (κ3) is 5.32. The summed E-state index contributed by atoms with van der Waals surface area (Å²) in [6.45, 7) is 2.00. The number of thioether (sulfide) groups is 1. The molecular formula is C20H16F3N3OS. The highest BCUT2D eigenvalue weighted by molar-refractivity contribution is 7.99. The number of nitrogens with zero attached hydrogens (tertiary/aromatic N) is 2. The summed E-state index contributed by atoms with van der Waals surface area (Å²) < 4.78 is 38.2. The van der Waals surface area contributed by atoms with Crippen molar-refractivity contribution >= 4 is 23.4 Å². The number of nitrogens with one attached hydrogen (secondary N) is 1. The molecule has 0 aliphatic rings. The molecule has 0 bridgehead atoms. The summed E-state index contributed by atoms with van der Waals surface area (Å²) in [4.78, 5) is 12.0. The number of aromatic nitrogens is 2. The summed E-state index contributed by atoms with van der Waals surface area (Å²) in [5, 5.41) is 11.2. The number of hydrogen-bond donors (Lipinski definition) is 1. The van der Waals surface area contributed by atoms with E-state index in [0.717, 1.165) is 40.7 Å². The molecule has 1 N–H and O–H groups in total. The zero-order valence-corrected chi connectivity index (χ0v) is 15.6. The van der Waals surface area contributed by atoms with Crippen molar-refractivity contribution in [3.05, 3.63) is 71.8 Å². The normalized spacial score (nSPS) is 11.3. The molecule has 0 atom stereocenters. The summed E-state index contributed by atoms with van der Waals surface area (Å²) in [5.74, 6) is -0.414. The number of halogens is 3. The topological polar surface area (TPSA) is 54.9 Å². The van der Waals surface area contributed by atoms with Gasteiger partial charge in [-0.05, 0) is 37.3 Å². The Hall–Kier alpha value is -2.87. The third-order valence-electron chi connectivity index (χ3n) is 3.81. The number of amides is 1. The van der Waals surface area contributed by atoms with E-state index in [4.69, 9.17) is 0 Å². The summed E-state index contributed by atoms with van der Waals surface area (Å²) in [6.07, 6.45) is -4.45. The summed E-state index contributed by atoms with van der Waals surface area (Å²) in [5.41, 5.74) is 2.10. The maximum absolute atomic E-state index is 12.7. The average molecular weight is 403 g/mol. The van der Waals surface area contributed by atoms with Crippen molar-refractivity contribution in [2.45, 2.75) is 18.1 Å². The van der Waals surface area contributed by atoms with Crippen molar-refractivity contribution in [1.29, 1.82) is 0 Å². The van der Waals surface area contributed by atoms with Crippen LogP contribution in [0.25, 0.3) is 11.3 Å². The van der Waals surface area contributed by atoms with Crippen LogP contribution in [0.1, 0.15) is 11.1 Å². The molecule has 8 heteroatoms. The molecule has 0 spiro atoms. The van der Waals surface area contributed by atoms with Crippen LogP contribution in [0.2, 0.25) is 0 Å². The van der Waals surface area contributed by atoms with Crippen molar-refractivity contribution in [3.63, 3.8) is 0 Å². The van der Waals surface area contributed by atoms with Crippen LogP contribution >= 0.6 is 11.8 Å². The SMILES string of the molecule is Cc1ccc(-c2ccc(SCC(=O)Nc3cccc(C(F)(F)F)c3)nn2)cc1. The fraction of sp³-hybridized carbons (Fsp3) is 0.150. The lowest BCUT2D eigenvalue weighted by molar-refractivity contribution is -0.137. The fourth-order valence-electron chi connectivity index (χ4n) is 2.39. The van der Waals surface area contributed by atoms with E-state index in [0.29, 0.717) is 5.03 Å². The number of alkyl halides is 3. The summed E-state index contributed by atoms with van der Waals surface area (Å²) in [7, 11) is 0. The Morgan fingerprint density at radius 1 is 1.04 bits per heavy atom. The second-order valence-electron chi connectivity index (χ2n) is 6.04. The minimum atomic E-state index is -4.45. The molecule has 28 heavy (non-hydrogen) atoms. The molecule has 1 heterocycles. The van der Waals surface area contributed by atoms with Crippen LogP contribution in [0.4, 0.5) is 18.9 Å². The first-order valence-corrected chi connectivity index (χ1v) is 9.30. The molecule has 0 unspecified atom stereocenters. The predicted molar refractivity (Wildman–Crippen MR) is 103 cm³/mol. The van der Waals surface area contributed by atoms with Crippen LogP contribution in [-0.4, -0.2) is 21.9 Å². The van der Waals surface area contributed by atoms with Crippen LogP contribution in [0, 0.1) is 6.92 Å². The highest BCUT2D eigenvalue weighted by Crippen LogP contribution is 2.30. The molecule has 0 radical (unpaired) electrons. The Kier molecular flexibility index (Phi) is 5.99. The van der Waals surface area contributed by atoms with E-state index in [-0.39, 0.29) is 11.4 Å². The van der Waals surface area contributed by atoms with Gasteiger partial charge in [-0.25, -0.2) is 0 Å². The van der Waals surface area contributed by atoms with Gasteiger partial charge in [-0.1, -0.05) is 47.7 Å². The van der Waals surface area contributed by atoms with Gasteiger partial charge in [-0.2, -0.15) is 13.2 Å². The zero-order chi connectivity index (χ0) is 20.1. The van der Waals surface area contributed by atoms with Crippen LogP contribution in [-0.2, 0) is 11.0 Å². The number of carbonyl (C=O) groups excluding carboxylic acids is 1. The zero-order valence-electron chi connectivity index (χ0n) is 14.8. The number of hydrogen-bond acceptors (Lipinski definition) is 4. The van der Waals surface area contributed by atoms with Gasteiger partial charge in [0.25, 0.3) is 0 Å². The first-order chi connectivity index (χ1) is 13.3. The van der Waals surface area contributed by atoms with Crippen LogP contribution in [0.5, 0.6) is 0 Å². The quantitative estimate of drug-likeness (QED) is 0.595. The lowest BCUT2D eigenvalue weighted by Crippen LogP contribution is -2.15. The van der Waals surface area contributed by atoms with E-state index < -0.39 is 17.6 Å². The largest absolute Gasteiger partial charge is 0.416 e. The van der Waals surface area contributed by atoms with Crippen molar-refractivity contribution in [1.82, 2.24) is 10.2 Å². The number of carbonyl (C=O) groups is 1. The van der Waals surface area contributed by atoms with Gasteiger partial charge in [-0.3, -0.25) is 4.79 Å². The maximum atomic E-state index is 12.7. The van der Waals surface area contributed by atoms with Gasteiger partial charge in [-0.15, -0.1) is 10.2 Å². The molecule has 0 aliphatic carbocycles. The van der Waals surface area contributed by atoms with E-state index in [1.54, 1.807) is 6.07 Å². The molecule has 2 aromatic carbocycles. The molecule has 0 saturated carbocycles. The lowest BCUT2D eigenvalue weighted by atomic mass is 10.1. The molecule has 1 aromatic heterocycles. The monoisotopic (exact) mass is 403 g/mol. The summed E-state index contributed by atoms with van der Waals surface area (Å²) >= 11 is 1.16. The van der Waals surface area contributed by atoms with Gasteiger partial charge in [0, 0.05) is 11.3 Å². The lowest BCUT2D eigenvalue weighted by Gasteiger charge is -2.09. The van der Waals surface area contributed by atoms with Gasteiger partial charge in [0.05, 0.1) is 17.0 Å². The van der Waals surface area contributed by atoms with E-state index in [1.165, 1.54) is 12.1 Å². The van der Waals surface area contributed by atoms with E-state index in [1.807, 2.05) is 37.3 Å². The van der Waals surface area contributed by atoms with E-state index >= 15 is 0 Å². The van der Waals surface area contributed by atoms with Gasteiger partial charge >= 0.3 is 6.18 Å². The Bertz CT molecular complexity index is 958. The minimum Gasteiger partial charge on any atom is -0.325 e. The molecule has 4 nitrogen and oxygen atoms in total. The fourth-order valence-corrected chi connectivity index (χ4v) is 3.00. The molecule has 3 aromatic rings. The summed E-state index contributed by atoms with van der Waals surface area (Å²) in [6, 6.07) is 16.0. The van der Waals surface area contributed by atoms with E-state index in [2.05, 4.69) is 15.5 Å². The maximum Gasteiger partial charge on any atom is 0.416 e. The number of aryl methyl sites for hydroxylation is 1. The van der Waals surface area contributed by atoms with Gasteiger partial charge in [0.1, 0.15) is 5.03 Å². The standard InChI is InChI=1S/C20H16F3N3OS/c1-13-5-7-14(8-6-13)17-9-10-19(26-25-17)28-12-18(27)24-16-4-2-3-15(11-16)20(21,22)23/h2-11H,12H2,1H3,(H,24,27). The van der Waals surface area contributed by atoms with Crippen molar-refractivity contribution in [2.75, 3.05) is 11.1 Å². The molecule has 1 amide bonds. The molecule has 0 aliphatic heterocycles. The third-order valence-corrected chi connectivity index (χ3v) is 4.73. The minimum absolute atomic E-state index is 0.00873. The first-order valence-electron chi connectivity index (χ1n) is 8.32. The van der Waals surface area contributed by atoms with Crippen LogP contribution in [0.3, 0.4) is 0 Å². The highest BCUT2D eigenvalue weighted by atomic mass is 32.2. The Labute approximate surface area is 164 Å². The smallest absolute Gasteiger partial charge is 0.325 e. The molecule has 3 rings (SSSR count). The number of anilines is 1. The number of rotatable bonds is 5. The van der Waals surface area contributed by atoms with Crippen LogP contribution < -0.4 is 5.32 Å². The highest BCUT2D eigenvalue weighted by Gasteiger charge is 2.30. The van der Waals surface area contributed by atoms with Crippen molar-refractivity contribution in [3.8, 4) is 11.3 Å². The van der Waals surface area contributed by atoms with Gasteiger partial charge in [0.15, 0.2) is 0 Å². The van der Waals surface area contributed by atoms with Crippen LogP contribution in [0.15, 0.2) is 65.7 Å². The second kappa shape index (κ2) is 8.43. The van der Waals surface area contributed by atoms with Gasteiger partial charge in [0.2, 0.25) is 5.91 Å². The molecule has 144 valence electrons. The first kappa shape index (κ1) is 19.9. The average Bonchev–Trinajstić information content (AvgIpc) is 2.67. The van der Waals surface area contributed by atoms with Crippen molar-refractivity contribution < 1.29 is 18.0 Å². The Morgan fingerprint density at radius 2 is 1.79 bits per heavy atom. The molecule has 0 fully saturated rings. The van der Waals surface area contributed by atoms with E-state index in [9.17, 15) is 18.0 Å².